The van der Waals surface area contributed by atoms with Gasteiger partial charge in [0.05, 0.1) is 11.1 Å². The Hall–Kier alpha value is -2.73. The molecular formula is C19H16ClFO5. The van der Waals surface area contributed by atoms with Gasteiger partial charge in [0.15, 0.2) is 18.6 Å². The van der Waals surface area contributed by atoms with Gasteiger partial charge in [-0.2, -0.15) is 0 Å². The molecule has 3 atom stereocenters. The van der Waals surface area contributed by atoms with Crippen LogP contribution in [0.5, 0.6) is 0 Å². The van der Waals surface area contributed by atoms with E-state index < -0.39 is 36.2 Å². The van der Waals surface area contributed by atoms with E-state index in [0.717, 1.165) is 0 Å². The number of carbonyl (C=O) groups excluding carboxylic acids is 3. The van der Waals surface area contributed by atoms with E-state index >= 15 is 0 Å². The van der Waals surface area contributed by atoms with Crippen LogP contribution in [-0.4, -0.2) is 42.5 Å². The van der Waals surface area contributed by atoms with Crippen molar-refractivity contribution in [1.29, 1.82) is 0 Å². The van der Waals surface area contributed by atoms with Crippen LogP contribution in [0.15, 0.2) is 60.7 Å². The molecule has 0 heterocycles. The average molecular weight is 379 g/mol. The predicted octanol–water partition coefficient (Wildman–Crippen LogP) is 3.21. The first-order chi connectivity index (χ1) is 12.5. The highest BCUT2D eigenvalue weighted by Gasteiger charge is 2.33. The molecule has 0 N–H and O–H groups in total. The Morgan fingerprint density at radius 2 is 1.46 bits per heavy atom. The van der Waals surface area contributed by atoms with Crippen molar-refractivity contribution in [3.8, 4) is 0 Å². The standard InChI is InChI=1S/C19H16ClFO5/c20-15(12-25-18(23)13-7-3-1-4-8-13)17(16(21)11-22)26-19(24)14-9-5-2-6-10-14/h1-11,15-17H,12H2/t15-,16+,17+/m0/s1. The van der Waals surface area contributed by atoms with Crippen LogP contribution in [0, 0.1) is 0 Å². The first-order valence-electron chi connectivity index (χ1n) is 7.74. The number of aldehydes is 1. The highest BCUT2D eigenvalue weighted by atomic mass is 35.5. The summed E-state index contributed by atoms with van der Waals surface area (Å²) in [6.07, 6.45) is -3.76. The summed E-state index contributed by atoms with van der Waals surface area (Å²) < 4.78 is 23.9. The number of ether oxygens (including phenoxy) is 2. The first kappa shape index (κ1) is 19.6. The minimum Gasteiger partial charge on any atom is -0.460 e. The maximum absolute atomic E-state index is 13.9. The third kappa shape index (κ3) is 5.39. The molecule has 0 aliphatic carbocycles. The van der Waals surface area contributed by atoms with Crippen LogP contribution in [0.4, 0.5) is 4.39 Å². The van der Waals surface area contributed by atoms with Gasteiger partial charge in [-0.25, -0.2) is 14.0 Å². The number of rotatable bonds is 8. The lowest BCUT2D eigenvalue weighted by atomic mass is 10.1. The van der Waals surface area contributed by atoms with E-state index in [1.165, 1.54) is 12.1 Å². The molecule has 2 aromatic rings. The van der Waals surface area contributed by atoms with Crippen LogP contribution >= 0.6 is 11.6 Å². The summed E-state index contributed by atoms with van der Waals surface area (Å²) in [4.78, 5) is 34.8. The van der Waals surface area contributed by atoms with E-state index in [4.69, 9.17) is 21.1 Å². The van der Waals surface area contributed by atoms with Gasteiger partial charge < -0.3 is 9.47 Å². The van der Waals surface area contributed by atoms with Crippen LogP contribution in [0.1, 0.15) is 20.7 Å². The van der Waals surface area contributed by atoms with Gasteiger partial charge in [-0.15, -0.1) is 11.6 Å². The predicted molar refractivity (Wildman–Crippen MR) is 93.0 cm³/mol. The maximum Gasteiger partial charge on any atom is 0.338 e. The quantitative estimate of drug-likeness (QED) is 0.401. The number of carbonyl (C=O) groups is 3. The van der Waals surface area contributed by atoms with Crippen molar-refractivity contribution in [2.45, 2.75) is 17.7 Å². The molecule has 0 aliphatic heterocycles. The van der Waals surface area contributed by atoms with E-state index in [2.05, 4.69) is 0 Å². The lowest BCUT2D eigenvalue weighted by Crippen LogP contribution is -2.40. The lowest BCUT2D eigenvalue weighted by Gasteiger charge is -2.23. The summed E-state index contributed by atoms with van der Waals surface area (Å²) in [6, 6.07) is 16.0. The third-order valence-corrected chi connectivity index (χ3v) is 3.81. The first-order valence-corrected chi connectivity index (χ1v) is 8.18. The Balaban J connectivity index is 2.00. The van der Waals surface area contributed by atoms with Crippen molar-refractivity contribution >= 4 is 29.8 Å². The van der Waals surface area contributed by atoms with Crippen LogP contribution in [0.3, 0.4) is 0 Å². The molecule has 0 fully saturated rings. The van der Waals surface area contributed by atoms with Crippen molar-refractivity contribution in [3.63, 3.8) is 0 Å². The molecule has 26 heavy (non-hydrogen) atoms. The average Bonchev–Trinajstić information content (AvgIpc) is 2.70. The summed E-state index contributed by atoms with van der Waals surface area (Å²) in [5.74, 6) is -1.49. The summed E-state index contributed by atoms with van der Waals surface area (Å²) in [5.41, 5.74) is 0.474. The van der Waals surface area contributed by atoms with Crippen molar-refractivity contribution in [2.75, 3.05) is 6.61 Å². The Morgan fingerprint density at radius 1 is 0.962 bits per heavy atom. The Morgan fingerprint density at radius 3 is 1.96 bits per heavy atom. The Kier molecular flexibility index (Phi) is 7.29. The van der Waals surface area contributed by atoms with Crippen molar-refractivity contribution in [2.24, 2.45) is 0 Å². The molecule has 0 saturated heterocycles. The van der Waals surface area contributed by atoms with Gasteiger partial charge in [-0.1, -0.05) is 36.4 Å². The second-order valence-corrected chi connectivity index (χ2v) is 5.86. The molecule has 5 nitrogen and oxygen atoms in total. The second kappa shape index (κ2) is 9.68. The summed E-state index contributed by atoms with van der Waals surface area (Å²) in [6.45, 7) is -0.434. The topological polar surface area (TPSA) is 69.7 Å². The molecule has 0 aromatic heterocycles. The van der Waals surface area contributed by atoms with Gasteiger partial charge in [0.2, 0.25) is 0 Å². The fraction of sp³-hybridized carbons (Fsp3) is 0.211. The number of hydrogen-bond acceptors (Lipinski definition) is 5. The highest BCUT2D eigenvalue weighted by molar-refractivity contribution is 6.21. The molecule has 136 valence electrons. The number of esters is 2. The lowest BCUT2D eigenvalue weighted by molar-refractivity contribution is -0.116. The van der Waals surface area contributed by atoms with Gasteiger partial charge in [-0.3, -0.25) is 4.79 Å². The smallest absolute Gasteiger partial charge is 0.338 e. The number of hydrogen-bond donors (Lipinski definition) is 0. The molecule has 0 bridgehead atoms. The Bertz CT molecular complexity index is 738. The largest absolute Gasteiger partial charge is 0.460 e. The Labute approximate surface area is 154 Å². The van der Waals surface area contributed by atoms with Crippen LogP contribution in [-0.2, 0) is 14.3 Å². The number of alkyl halides is 2. The summed E-state index contributed by atoms with van der Waals surface area (Å²) in [5, 5.41) is -1.24. The van der Waals surface area contributed by atoms with Gasteiger partial charge in [0.25, 0.3) is 0 Å². The zero-order valence-electron chi connectivity index (χ0n) is 13.6. The van der Waals surface area contributed by atoms with Crippen molar-refractivity contribution in [3.05, 3.63) is 71.8 Å². The normalized spacial score (nSPS) is 13.9. The van der Waals surface area contributed by atoms with E-state index in [1.54, 1.807) is 48.5 Å². The zero-order valence-corrected chi connectivity index (χ0v) is 14.3. The van der Waals surface area contributed by atoms with Gasteiger partial charge in [0.1, 0.15) is 12.0 Å². The van der Waals surface area contributed by atoms with E-state index in [1.807, 2.05) is 0 Å². The summed E-state index contributed by atoms with van der Waals surface area (Å²) >= 11 is 6.03. The van der Waals surface area contributed by atoms with Gasteiger partial charge in [-0.05, 0) is 24.3 Å². The maximum atomic E-state index is 13.9. The minimum atomic E-state index is -2.15. The fourth-order valence-corrected chi connectivity index (χ4v) is 2.34. The second-order valence-electron chi connectivity index (χ2n) is 5.30. The van der Waals surface area contributed by atoms with Crippen molar-refractivity contribution < 1.29 is 28.2 Å². The minimum absolute atomic E-state index is 0.0165. The molecule has 0 aliphatic rings. The molecule has 0 spiro atoms. The fourth-order valence-electron chi connectivity index (χ4n) is 2.09. The molecular weight excluding hydrogens is 363 g/mol. The van der Waals surface area contributed by atoms with Gasteiger partial charge in [0, 0.05) is 0 Å². The van der Waals surface area contributed by atoms with Crippen molar-refractivity contribution in [1.82, 2.24) is 0 Å². The van der Waals surface area contributed by atoms with Crippen LogP contribution < -0.4 is 0 Å². The van der Waals surface area contributed by atoms with Gasteiger partial charge >= 0.3 is 11.9 Å². The monoisotopic (exact) mass is 378 g/mol. The zero-order chi connectivity index (χ0) is 18.9. The van der Waals surface area contributed by atoms with Crippen LogP contribution in [0.25, 0.3) is 0 Å². The third-order valence-electron chi connectivity index (χ3n) is 3.44. The molecule has 7 heteroatoms. The molecule has 0 radical (unpaired) electrons. The molecule has 0 saturated carbocycles. The molecule has 0 amide bonds. The SMILES string of the molecule is O=C[C@@H](F)[C@H](OC(=O)c1ccccc1)[C@@H](Cl)COC(=O)c1ccccc1. The van der Waals surface area contributed by atoms with E-state index in [9.17, 15) is 18.8 Å². The van der Waals surface area contributed by atoms with Crippen LogP contribution in [0.2, 0.25) is 0 Å². The molecule has 0 unspecified atom stereocenters. The molecule has 2 aromatic carbocycles. The number of benzene rings is 2. The molecule has 2 rings (SSSR count). The van der Waals surface area contributed by atoms with E-state index in [-0.39, 0.29) is 11.8 Å². The highest BCUT2D eigenvalue weighted by Crippen LogP contribution is 2.17. The summed E-state index contributed by atoms with van der Waals surface area (Å²) in [7, 11) is 0. The van der Waals surface area contributed by atoms with E-state index in [0.29, 0.717) is 5.56 Å². The number of halogens is 2.